The minimum absolute atomic E-state index is 0.0131. The van der Waals surface area contributed by atoms with E-state index in [1.807, 2.05) is 60.7 Å². The van der Waals surface area contributed by atoms with Crippen molar-refractivity contribution in [1.82, 2.24) is 5.32 Å². The maximum atomic E-state index is 11.2. The molecule has 2 rings (SSSR count). The molecule has 20 heavy (non-hydrogen) atoms. The smallest absolute Gasteiger partial charge is 0.148 e. The highest BCUT2D eigenvalue weighted by atomic mass is 32.2. The Morgan fingerprint density at radius 2 is 1.35 bits per heavy atom. The summed E-state index contributed by atoms with van der Waals surface area (Å²) in [5.74, 6) is 0.142. The van der Waals surface area contributed by atoms with Crippen molar-refractivity contribution in [2.45, 2.75) is 6.04 Å². The third kappa shape index (κ3) is 4.47. The first-order chi connectivity index (χ1) is 9.56. The lowest BCUT2D eigenvalue weighted by atomic mass is 9.99. The minimum atomic E-state index is -2.95. The van der Waals surface area contributed by atoms with Gasteiger partial charge in [0.05, 0.1) is 11.8 Å². The monoisotopic (exact) mass is 289 g/mol. The van der Waals surface area contributed by atoms with Crippen LogP contribution in [0.1, 0.15) is 17.2 Å². The third-order valence-electron chi connectivity index (χ3n) is 3.09. The highest BCUT2D eigenvalue weighted by Gasteiger charge is 2.13. The molecule has 0 unspecified atom stereocenters. The molecule has 0 saturated carbocycles. The Labute approximate surface area is 120 Å². The van der Waals surface area contributed by atoms with Gasteiger partial charge in [0, 0.05) is 12.8 Å². The predicted molar refractivity (Wildman–Crippen MR) is 82.4 cm³/mol. The Morgan fingerprint density at radius 1 is 0.900 bits per heavy atom. The molecule has 2 aromatic rings. The summed E-state index contributed by atoms with van der Waals surface area (Å²) in [5.41, 5.74) is 2.26. The van der Waals surface area contributed by atoms with Gasteiger partial charge in [0.25, 0.3) is 0 Å². The molecule has 4 heteroatoms. The molecule has 0 aromatic heterocycles. The zero-order valence-corrected chi connectivity index (χ0v) is 12.3. The summed E-state index contributed by atoms with van der Waals surface area (Å²) >= 11 is 0. The van der Waals surface area contributed by atoms with E-state index < -0.39 is 9.84 Å². The molecule has 0 radical (unpaired) electrons. The molecule has 0 atom stereocenters. The highest BCUT2D eigenvalue weighted by molar-refractivity contribution is 7.90. The average molecular weight is 289 g/mol. The summed E-state index contributed by atoms with van der Waals surface area (Å²) in [5, 5.41) is 3.33. The standard InChI is InChI=1S/C16H19NO2S/c1-20(18,19)13-12-17-16(14-8-4-2-5-9-14)15-10-6-3-7-11-15/h2-11,16-17H,12-13H2,1H3. The van der Waals surface area contributed by atoms with Crippen LogP contribution in [0.25, 0.3) is 0 Å². The number of sulfone groups is 1. The van der Waals surface area contributed by atoms with Gasteiger partial charge in [0.1, 0.15) is 9.84 Å². The average Bonchev–Trinajstić information content (AvgIpc) is 2.44. The Balaban J connectivity index is 2.17. The van der Waals surface area contributed by atoms with Gasteiger partial charge in [-0.2, -0.15) is 0 Å². The maximum absolute atomic E-state index is 11.2. The molecule has 3 nitrogen and oxygen atoms in total. The molecule has 0 saturated heterocycles. The fraction of sp³-hybridized carbons (Fsp3) is 0.250. The molecule has 0 spiro atoms. The van der Waals surface area contributed by atoms with Gasteiger partial charge in [-0.15, -0.1) is 0 Å². The van der Waals surface area contributed by atoms with E-state index >= 15 is 0 Å². The molecule has 0 aliphatic heterocycles. The van der Waals surface area contributed by atoms with Gasteiger partial charge in [-0.25, -0.2) is 8.42 Å². The summed E-state index contributed by atoms with van der Waals surface area (Å²) in [6.45, 7) is 0.438. The largest absolute Gasteiger partial charge is 0.305 e. The fourth-order valence-corrected chi connectivity index (χ4v) is 2.60. The van der Waals surface area contributed by atoms with Gasteiger partial charge in [-0.05, 0) is 11.1 Å². The van der Waals surface area contributed by atoms with E-state index in [0.717, 1.165) is 11.1 Å². The molecule has 1 N–H and O–H groups in total. The number of nitrogens with one attached hydrogen (secondary N) is 1. The van der Waals surface area contributed by atoms with Crippen LogP contribution in [0, 0.1) is 0 Å². The molecule has 106 valence electrons. The minimum Gasteiger partial charge on any atom is -0.305 e. The number of hydrogen-bond acceptors (Lipinski definition) is 3. The first-order valence-corrected chi connectivity index (χ1v) is 8.63. The van der Waals surface area contributed by atoms with Crippen molar-refractivity contribution in [3.8, 4) is 0 Å². The number of rotatable bonds is 6. The molecule has 0 aliphatic carbocycles. The van der Waals surface area contributed by atoms with Crippen molar-refractivity contribution < 1.29 is 8.42 Å². The van der Waals surface area contributed by atoms with Crippen LogP contribution in [0.3, 0.4) is 0 Å². The third-order valence-corrected chi connectivity index (χ3v) is 4.03. The van der Waals surface area contributed by atoms with E-state index in [1.165, 1.54) is 6.26 Å². The van der Waals surface area contributed by atoms with E-state index in [4.69, 9.17) is 0 Å². The van der Waals surface area contributed by atoms with Gasteiger partial charge in [0.2, 0.25) is 0 Å². The maximum Gasteiger partial charge on any atom is 0.148 e. The lowest BCUT2D eigenvalue weighted by molar-refractivity contribution is 0.587. The van der Waals surface area contributed by atoms with Crippen molar-refractivity contribution in [1.29, 1.82) is 0 Å². The first-order valence-electron chi connectivity index (χ1n) is 6.57. The number of hydrogen-bond donors (Lipinski definition) is 1. The van der Waals surface area contributed by atoms with Crippen LogP contribution in [0.4, 0.5) is 0 Å². The van der Waals surface area contributed by atoms with Crippen LogP contribution in [0.5, 0.6) is 0 Å². The Morgan fingerprint density at radius 3 is 1.75 bits per heavy atom. The molecule has 0 bridgehead atoms. The Hall–Kier alpha value is -1.65. The summed E-state index contributed by atoms with van der Waals surface area (Å²) in [7, 11) is -2.95. The van der Waals surface area contributed by atoms with E-state index in [-0.39, 0.29) is 11.8 Å². The lowest BCUT2D eigenvalue weighted by Crippen LogP contribution is -2.27. The summed E-state index contributed by atoms with van der Waals surface area (Å²) < 4.78 is 22.5. The lowest BCUT2D eigenvalue weighted by Gasteiger charge is -2.19. The predicted octanol–water partition coefficient (Wildman–Crippen LogP) is 2.41. The summed E-state index contributed by atoms with van der Waals surface area (Å²) in [6.07, 6.45) is 1.26. The van der Waals surface area contributed by atoms with Gasteiger partial charge in [-0.1, -0.05) is 60.7 Å². The van der Waals surface area contributed by atoms with Crippen molar-refractivity contribution >= 4 is 9.84 Å². The zero-order valence-electron chi connectivity index (χ0n) is 11.5. The molecular formula is C16H19NO2S. The van der Waals surface area contributed by atoms with Gasteiger partial charge < -0.3 is 5.32 Å². The second-order valence-corrected chi connectivity index (χ2v) is 7.10. The summed E-state index contributed by atoms with van der Waals surface area (Å²) in [6, 6.07) is 20.1. The normalized spacial score (nSPS) is 11.7. The topological polar surface area (TPSA) is 46.2 Å². The second kappa shape index (κ2) is 6.68. The molecule has 0 heterocycles. The van der Waals surface area contributed by atoms with Crippen molar-refractivity contribution in [3.63, 3.8) is 0 Å². The second-order valence-electron chi connectivity index (χ2n) is 4.84. The highest BCUT2D eigenvalue weighted by Crippen LogP contribution is 2.21. The van der Waals surface area contributed by atoms with Gasteiger partial charge >= 0.3 is 0 Å². The first kappa shape index (κ1) is 14.8. The number of benzene rings is 2. The van der Waals surface area contributed by atoms with E-state index in [0.29, 0.717) is 6.54 Å². The van der Waals surface area contributed by atoms with E-state index in [2.05, 4.69) is 5.32 Å². The van der Waals surface area contributed by atoms with Crippen molar-refractivity contribution in [2.75, 3.05) is 18.6 Å². The van der Waals surface area contributed by atoms with Crippen LogP contribution >= 0.6 is 0 Å². The quantitative estimate of drug-likeness (QED) is 0.888. The Bertz CT molecular complexity index is 585. The Kier molecular flexibility index (Phi) is 4.93. The molecule has 0 fully saturated rings. The van der Waals surface area contributed by atoms with Gasteiger partial charge in [0.15, 0.2) is 0 Å². The molecule has 2 aromatic carbocycles. The van der Waals surface area contributed by atoms with Crippen LogP contribution in [-0.2, 0) is 9.84 Å². The molecule has 0 aliphatic rings. The van der Waals surface area contributed by atoms with Crippen LogP contribution in [0.2, 0.25) is 0 Å². The van der Waals surface area contributed by atoms with E-state index in [1.54, 1.807) is 0 Å². The molecule has 0 amide bonds. The van der Waals surface area contributed by atoms with Crippen LogP contribution in [-0.4, -0.2) is 27.0 Å². The SMILES string of the molecule is CS(=O)(=O)CCNC(c1ccccc1)c1ccccc1. The van der Waals surface area contributed by atoms with E-state index in [9.17, 15) is 8.42 Å². The van der Waals surface area contributed by atoms with Crippen molar-refractivity contribution in [3.05, 3.63) is 71.8 Å². The van der Waals surface area contributed by atoms with Crippen molar-refractivity contribution in [2.24, 2.45) is 0 Å². The fourth-order valence-electron chi connectivity index (χ4n) is 2.11. The zero-order chi connectivity index (χ0) is 14.4. The van der Waals surface area contributed by atoms with Crippen LogP contribution < -0.4 is 5.32 Å². The van der Waals surface area contributed by atoms with Crippen LogP contribution in [0.15, 0.2) is 60.7 Å². The summed E-state index contributed by atoms with van der Waals surface area (Å²) in [4.78, 5) is 0. The van der Waals surface area contributed by atoms with Gasteiger partial charge in [-0.3, -0.25) is 0 Å². The molecular weight excluding hydrogens is 270 g/mol.